The number of alkyl halides is 3. The Labute approximate surface area is 263 Å². The number of carboxylic acid groups (broad SMARTS) is 2. The summed E-state index contributed by atoms with van der Waals surface area (Å²) in [5.74, 6) is -4.48. The van der Waals surface area contributed by atoms with Crippen molar-refractivity contribution in [2.45, 2.75) is 57.1 Å². The van der Waals surface area contributed by atoms with E-state index in [1.165, 1.54) is 4.90 Å². The van der Waals surface area contributed by atoms with E-state index in [2.05, 4.69) is 10.3 Å². The number of halogens is 3. The summed E-state index contributed by atoms with van der Waals surface area (Å²) in [7, 11) is 1.62. The number of nitrogens with one attached hydrogen (secondary N) is 2. The van der Waals surface area contributed by atoms with Gasteiger partial charge >= 0.3 is 47.7 Å². The van der Waals surface area contributed by atoms with E-state index in [0.29, 0.717) is 0 Å². The van der Waals surface area contributed by atoms with Crippen LogP contribution in [0.1, 0.15) is 30.9 Å². The van der Waals surface area contributed by atoms with Gasteiger partial charge in [0, 0.05) is 43.2 Å². The number of para-hydroxylation sites is 1. The van der Waals surface area contributed by atoms with Crippen molar-refractivity contribution in [3.05, 3.63) is 71.9 Å². The minimum atomic E-state index is -5.08. The van der Waals surface area contributed by atoms with Gasteiger partial charge in [-0.1, -0.05) is 55.5 Å². The van der Waals surface area contributed by atoms with E-state index >= 15 is 0 Å². The summed E-state index contributed by atoms with van der Waals surface area (Å²) < 4.78 is 37.5. The first-order chi connectivity index (χ1) is 19.4. The van der Waals surface area contributed by atoms with Crippen LogP contribution in [0.2, 0.25) is 0 Å². The molecule has 2 heterocycles. The molecule has 0 aliphatic carbocycles. The van der Waals surface area contributed by atoms with Crippen molar-refractivity contribution in [2.75, 3.05) is 13.7 Å². The number of rotatable bonds is 10. The number of nitrogens with zero attached hydrogens (tertiary/aromatic N) is 1. The van der Waals surface area contributed by atoms with Crippen LogP contribution in [-0.2, 0) is 32.1 Å². The van der Waals surface area contributed by atoms with Crippen molar-refractivity contribution in [2.24, 2.45) is 5.92 Å². The number of aromatic amines is 1. The zero-order valence-corrected chi connectivity index (χ0v) is 22.7. The standard InChI is InChI=1S/C27H33N3O4.C2HF3O2.Na.H/c1-18(25(34-2)23-13-8-14-28-23)26(31)30(17-19-9-4-3-5-10-19)24(27(32)33)15-20-16-29-22-12-7-6-11-21(20)22;3-2(4,5)1(6)7;;/h3-7,9-12,16,18,23-25,28-29H,8,13-15,17H2,1-2H3,(H,32,33);(H,6,7);;/t18-,23+,24+,25-;;;/m1.../s1. The third-order valence-electron chi connectivity index (χ3n) is 7.12. The summed E-state index contributed by atoms with van der Waals surface area (Å²) in [5.41, 5.74) is 2.71. The molecule has 1 amide bonds. The summed E-state index contributed by atoms with van der Waals surface area (Å²) in [4.78, 5) is 40.1. The maximum absolute atomic E-state index is 13.9. The molecule has 1 aromatic heterocycles. The summed E-state index contributed by atoms with van der Waals surface area (Å²) >= 11 is 0. The molecule has 0 bridgehead atoms. The van der Waals surface area contributed by atoms with E-state index < -0.39 is 30.1 Å². The van der Waals surface area contributed by atoms with Gasteiger partial charge in [-0.3, -0.25) is 4.79 Å². The molecule has 42 heavy (non-hydrogen) atoms. The van der Waals surface area contributed by atoms with Gasteiger partial charge in [-0.15, -0.1) is 0 Å². The first kappa shape index (κ1) is 35.3. The number of fused-ring (bicyclic) bond motifs is 1. The zero-order valence-electron chi connectivity index (χ0n) is 22.7. The normalized spacial score (nSPS) is 16.8. The fraction of sp³-hybridized carbons (Fsp3) is 0.414. The number of amides is 1. The Morgan fingerprint density at radius 2 is 1.69 bits per heavy atom. The summed E-state index contributed by atoms with van der Waals surface area (Å²) in [6.45, 7) is 2.97. The van der Waals surface area contributed by atoms with Crippen LogP contribution in [0, 0.1) is 5.92 Å². The second-order valence-electron chi connectivity index (χ2n) is 9.86. The van der Waals surface area contributed by atoms with E-state index in [-0.39, 0.29) is 60.6 Å². The third kappa shape index (κ3) is 9.30. The van der Waals surface area contributed by atoms with Gasteiger partial charge in [-0.25, -0.2) is 9.59 Å². The predicted octanol–water partition coefficient (Wildman–Crippen LogP) is 3.58. The molecule has 224 valence electrons. The molecule has 0 saturated carbocycles. The molecule has 0 radical (unpaired) electrons. The number of hydrogen-bond acceptors (Lipinski definition) is 5. The number of carbonyl (C=O) groups excluding carboxylic acids is 1. The molecule has 1 fully saturated rings. The molecule has 0 unspecified atom stereocenters. The fourth-order valence-electron chi connectivity index (χ4n) is 5.07. The molecule has 2 aromatic carbocycles. The molecule has 3 aromatic rings. The van der Waals surface area contributed by atoms with Crippen LogP contribution in [0.4, 0.5) is 13.2 Å². The molecule has 1 aliphatic heterocycles. The van der Waals surface area contributed by atoms with Crippen LogP contribution in [0.25, 0.3) is 10.9 Å². The van der Waals surface area contributed by atoms with Crippen LogP contribution in [0.15, 0.2) is 60.8 Å². The van der Waals surface area contributed by atoms with Crippen LogP contribution in [0.5, 0.6) is 0 Å². The molecular formula is C29H35F3N3NaO6. The Kier molecular flexibility index (Phi) is 13.5. The molecule has 13 heteroatoms. The number of aliphatic carboxylic acids is 2. The number of ether oxygens (including phenoxy) is 1. The van der Waals surface area contributed by atoms with Crippen molar-refractivity contribution in [3.8, 4) is 0 Å². The van der Waals surface area contributed by atoms with E-state index in [1.54, 1.807) is 7.11 Å². The van der Waals surface area contributed by atoms with Crippen molar-refractivity contribution in [1.29, 1.82) is 0 Å². The SMILES string of the molecule is CO[C@@H]([C@@H]1CCCN1)[C@@H](C)C(=O)N(Cc1ccccc1)[C@@H](Cc1c[nH]c2ccccc12)C(=O)O.O=C(O)C(F)(F)F.[NaH]. The number of H-pyrrole nitrogens is 1. The predicted molar refractivity (Wildman–Crippen MR) is 152 cm³/mol. The molecule has 9 nitrogen and oxygen atoms in total. The third-order valence-corrected chi connectivity index (χ3v) is 7.12. The Balaban J connectivity index is 0.000000687. The van der Waals surface area contributed by atoms with E-state index in [0.717, 1.165) is 41.4 Å². The molecule has 0 spiro atoms. The Hall–Kier alpha value is -2.90. The van der Waals surface area contributed by atoms with Crippen LogP contribution >= 0.6 is 0 Å². The maximum atomic E-state index is 13.9. The number of aromatic nitrogens is 1. The van der Waals surface area contributed by atoms with Gasteiger partial charge in [0.2, 0.25) is 5.91 Å². The summed E-state index contributed by atoms with van der Waals surface area (Å²) in [6.07, 6.45) is -1.38. The van der Waals surface area contributed by atoms with Crippen LogP contribution in [-0.4, -0.2) is 106 Å². The van der Waals surface area contributed by atoms with Gasteiger partial charge < -0.3 is 30.2 Å². The topological polar surface area (TPSA) is 132 Å². The van der Waals surface area contributed by atoms with Crippen LogP contribution < -0.4 is 5.32 Å². The second kappa shape index (κ2) is 16.1. The van der Waals surface area contributed by atoms with E-state index in [4.69, 9.17) is 14.6 Å². The molecule has 4 atom stereocenters. The summed E-state index contributed by atoms with van der Waals surface area (Å²) in [6, 6.07) is 16.4. The Morgan fingerprint density at radius 1 is 1.07 bits per heavy atom. The van der Waals surface area contributed by atoms with E-state index in [1.807, 2.05) is 67.7 Å². The molecule has 4 rings (SSSR count). The van der Waals surface area contributed by atoms with Crippen molar-refractivity contribution >= 4 is 58.3 Å². The first-order valence-electron chi connectivity index (χ1n) is 13.1. The molecule has 1 aliphatic rings. The average molecular weight is 602 g/mol. The second-order valence-corrected chi connectivity index (χ2v) is 9.86. The molecular weight excluding hydrogens is 566 g/mol. The number of carboxylic acids is 2. The number of carbonyl (C=O) groups is 3. The van der Waals surface area contributed by atoms with Gasteiger partial charge in [0.25, 0.3) is 0 Å². The van der Waals surface area contributed by atoms with Gasteiger partial charge in [-0.05, 0) is 36.6 Å². The van der Waals surface area contributed by atoms with E-state index in [9.17, 15) is 27.9 Å². The fourth-order valence-corrected chi connectivity index (χ4v) is 5.07. The average Bonchev–Trinajstić information content (AvgIpc) is 3.61. The van der Waals surface area contributed by atoms with Gasteiger partial charge in [-0.2, -0.15) is 13.2 Å². The number of methoxy groups -OCH3 is 1. The van der Waals surface area contributed by atoms with Crippen molar-refractivity contribution < 1.29 is 42.5 Å². The first-order valence-corrected chi connectivity index (χ1v) is 13.1. The Morgan fingerprint density at radius 3 is 2.24 bits per heavy atom. The Bertz CT molecular complexity index is 1310. The van der Waals surface area contributed by atoms with Crippen LogP contribution in [0.3, 0.4) is 0 Å². The van der Waals surface area contributed by atoms with Gasteiger partial charge in [0.05, 0.1) is 12.0 Å². The number of hydrogen-bond donors (Lipinski definition) is 4. The molecule has 4 N–H and O–H groups in total. The number of benzene rings is 2. The zero-order chi connectivity index (χ0) is 30.2. The van der Waals surface area contributed by atoms with Gasteiger partial charge in [0.15, 0.2) is 0 Å². The monoisotopic (exact) mass is 601 g/mol. The summed E-state index contributed by atoms with van der Waals surface area (Å²) in [5, 5.41) is 21.8. The van der Waals surface area contributed by atoms with Gasteiger partial charge in [0.1, 0.15) is 6.04 Å². The van der Waals surface area contributed by atoms with Crippen molar-refractivity contribution in [3.63, 3.8) is 0 Å². The quantitative estimate of drug-likeness (QED) is 0.261. The molecule has 1 saturated heterocycles. The minimum absolute atomic E-state index is 0. The van der Waals surface area contributed by atoms with Crippen molar-refractivity contribution in [1.82, 2.24) is 15.2 Å².